The van der Waals surface area contributed by atoms with E-state index < -0.39 is 0 Å². The molecule has 2 amide bonds. The van der Waals surface area contributed by atoms with E-state index in [1.807, 2.05) is 85.9 Å². The number of nitrogens with zero attached hydrogens (tertiary/aromatic N) is 3. The van der Waals surface area contributed by atoms with Crippen molar-refractivity contribution in [2.45, 2.75) is 25.8 Å². The second kappa shape index (κ2) is 9.76. The molecule has 0 radical (unpaired) electrons. The molecule has 0 saturated heterocycles. The lowest BCUT2D eigenvalue weighted by molar-refractivity contribution is -0.117. The van der Waals surface area contributed by atoms with E-state index in [0.717, 1.165) is 35.3 Å². The van der Waals surface area contributed by atoms with Crippen molar-refractivity contribution in [2.24, 2.45) is 0 Å². The van der Waals surface area contributed by atoms with Gasteiger partial charge in [-0.3, -0.25) is 19.5 Å². The highest BCUT2D eigenvalue weighted by molar-refractivity contribution is 6.30. The zero-order valence-electron chi connectivity index (χ0n) is 19.3. The Labute approximate surface area is 209 Å². The average Bonchev–Trinajstić information content (AvgIpc) is 3.62. The van der Waals surface area contributed by atoms with Crippen LogP contribution in [-0.4, -0.2) is 38.9 Å². The number of carbonyl (C=O) groups excluding carboxylic acids is 2. The van der Waals surface area contributed by atoms with Crippen molar-refractivity contribution in [2.75, 3.05) is 11.9 Å². The molecule has 1 saturated carbocycles. The van der Waals surface area contributed by atoms with Crippen molar-refractivity contribution in [3.8, 4) is 16.9 Å². The van der Waals surface area contributed by atoms with Crippen LogP contribution in [0.5, 0.6) is 0 Å². The van der Waals surface area contributed by atoms with Crippen molar-refractivity contribution in [3.05, 3.63) is 101 Å². The highest BCUT2D eigenvalue weighted by Crippen LogP contribution is 2.29. The predicted molar refractivity (Wildman–Crippen MR) is 138 cm³/mol. The highest BCUT2D eigenvalue weighted by Gasteiger charge is 2.34. The Morgan fingerprint density at radius 2 is 1.77 bits per heavy atom. The molecule has 0 unspecified atom stereocenters. The van der Waals surface area contributed by atoms with E-state index in [2.05, 4.69) is 5.32 Å². The molecule has 0 atom stereocenters. The van der Waals surface area contributed by atoms with Gasteiger partial charge in [-0.1, -0.05) is 65.7 Å². The molecule has 0 aliphatic heterocycles. The van der Waals surface area contributed by atoms with E-state index in [0.29, 0.717) is 16.5 Å². The molecular formula is C28H25ClN4O2. The van der Waals surface area contributed by atoms with E-state index in [9.17, 15) is 9.59 Å². The standard InChI is InChI=1S/C28H25ClN4O2/c1-19-10-12-21(13-11-19)27(35)32(23-14-15-23)18-26(34)31-28-30-25(20-6-3-2-4-7-20)17-33(28)24-9-5-8-22(29)16-24/h2-13,16-17,23H,14-15,18H2,1H3,(H,30,31,34). The van der Waals surface area contributed by atoms with E-state index in [-0.39, 0.29) is 24.4 Å². The number of rotatable bonds is 7. The summed E-state index contributed by atoms with van der Waals surface area (Å²) in [6.45, 7) is 1.94. The fourth-order valence-electron chi connectivity index (χ4n) is 3.97. The van der Waals surface area contributed by atoms with Gasteiger partial charge in [-0.2, -0.15) is 0 Å². The molecule has 176 valence electrons. The Morgan fingerprint density at radius 3 is 2.46 bits per heavy atom. The highest BCUT2D eigenvalue weighted by atomic mass is 35.5. The zero-order valence-corrected chi connectivity index (χ0v) is 20.1. The van der Waals surface area contributed by atoms with Gasteiger partial charge in [0.25, 0.3) is 5.91 Å². The number of imidazole rings is 1. The molecular weight excluding hydrogens is 460 g/mol. The largest absolute Gasteiger partial charge is 0.326 e. The lowest BCUT2D eigenvalue weighted by atomic mass is 10.1. The van der Waals surface area contributed by atoms with Crippen LogP contribution in [0.15, 0.2) is 85.1 Å². The number of hydrogen-bond donors (Lipinski definition) is 1. The summed E-state index contributed by atoms with van der Waals surface area (Å²) >= 11 is 6.22. The molecule has 1 aliphatic rings. The summed E-state index contributed by atoms with van der Waals surface area (Å²) in [5.41, 5.74) is 4.09. The average molecular weight is 485 g/mol. The summed E-state index contributed by atoms with van der Waals surface area (Å²) in [4.78, 5) is 32.7. The Morgan fingerprint density at radius 1 is 1.03 bits per heavy atom. The molecule has 1 N–H and O–H groups in total. The summed E-state index contributed by atoms with van der Waals surface area (Å²) in [7, 11) is 0. The Hall–Kier alpha value is -3.90. The molecule has 3 aromatic carbocycles. The summed E-state index contributed by atoms with van der Waals surface area (Å²) in [6, 6.07) is 24.6. The summed E-state index contributed by atoms with van der Waals surface area (Å²) in [6.07, 6.45) is 3.67. The van der Waals surface area contributed by atoms with Gasteiger partial charge in [0, 0.05) is 34.1 Å². The summed E-state index contributed by atoms with van der Waals surface area (Å²) in [5, 5.41) is 3.50. The smallest absolute Gasteiger partial charge is 0.254 e. The number of halogens is 1. The molecule has 4 aromatic rings. The number of amides is 2. The van der Waals surface area contributed by atoms with Crippen LogP contribution in [0, 0.1) is 6.92 Å². The van der Waals surface area contributed by atoms with E-state index in [1.54, 1.807) is 15.5 Å². The van der Waals surface area contributed by atoms with Gasteiger partial charge in [-0.05, 0) is 50.1 Å². The van der Waals surface area contributed by atoms with Crippen LogP contribution in [0.1, 0.15) is 28.8 Å². The predicted octanol–water partition coefficient (Wildman–Crippen LogP) is 5.74. The first-order chi connectivity index (χ1) is 17.0. The van der Waals surface area contributed by atoms with Crippen LogP contribution in [0.4, 0.5) is 5.95 Å². The minimum absolute atomic E-state index is 0.0412. The van der Waals surface area contributed by atoms with E-state index >= 15 is 0 Å². The second-order valence-corrected chi connectivity index (χ2v) is 9.18. The Bertz CT molecular complexity index is 1360. The van der Waals surface area contributed by atoms with Crippen LogP contribution in [0.2, 0.25) is 5.02 Å². The molecule has 7 heteroatoms. The lowest BCUT2D eigenvalue weighted by Gasteiger charge is -2.22. The van der Waals surface area contributed by atoms with Crippen LogP contribution in [0.25, 0.3) is 16.9 Å². The normalized spacial score (nSPS) is 12.9. The fourth-order valence-corrected chi connectivity index (χ4v) is 4.16. The Kier molecular flexibility index (Phi) is 6.38. The quantitative estimate of drug-likeness (QED) is 0.363. The topological polar surface area (TPSA) is 67.2 Å². The van der Waals surface area contributed by atoms with Gasteiger partial charge in [0.1, 0.15) is 6.54 Å². The first-order valence-electron chi connectivity index (χ1n) is 11.6. The van der Waals surface area contributed by atoms with Gasteiger partial charge in [0.2, 0.25) is 11.9 Å². The van der Waals surface area contributed by atoms with Crippen molar-refractivity contribution in [1.29, 1.82) is 0 Å². The lowest BCUT2D eigenvalue weighted by Crippen LogP contribution is -2.39. The van der Waals surface area contributed by atoms with Gasteiger partial charge in [0.05, 0.1) is 5.69 Å². The zero-order chi connectivity index (χ0) is 24.4. The molecule has 6 nitrogen and oxygen atoms in total. The van der Waals surface area contributed by atoms with Crippen molar-refractivity contribution >= 4 is 29.4 Å². The number of hydrogen-bond acceptors (Lipinski definition) is 3. The third-order valence-corrected chi connectivity index (χ3v) is 6.21. The van der Waals surface area contributed by atoms with Crippen LogP contribution in [-0.2, 0) is 4.79 Å². The number of aromatic nitrogens is 2. The van der Waals surface area contributed by atoms with Crippen LogP contribution in [0.3, 0.4) is 0 Å². The minimum atomic E-state index is -0.300. The number of nitrogens with one attached hydrogen (secondary N) is 1. The maximum absolute atomic E-state index is 13.2. The molecule has 1 aliphatic carbocycles. The monoisotopic (exact) mass is 484 g/mol. The number of aryl methyl sites for hydroxylation is 1. The van der Waals surface area contributed by atoms with Crippen molar-refractivity contribution in [1.82, 2.24) is 14.5 Å². The maximum Gasteiger partial charge on any atom is 0.254 e. The van der Waals surface area contributed by atoms with Gasteiger partial charge in [-0.25, -0.2) is 4.98 Å². The number of benzene rings is 3. The molecule has 1 fully saturated rings. The van der Waals surface area contributed by atoms with Crippen LogP contribution >= 0.6 is 11.6 Å². The molecule has 1 aromatic heterocycles. The molecule has 5 rings (SSSR count). The minimum Gasteiger partial charge on any atom is -0.326 e. The Balaban J connectivity index is 1.41. The van der Waals surface area contributed by atoms with Crippen molar-refractivity contribution < 1.29 is 9.59 Å². The third kappa shape index (κ3) is 5.28. The maximum atomic E-state index is 13.2. The second-order valence-electron chi connectivity index (χ2n) is 8.74. The van der Waals surface area contributed by atoms with Crippen LogP contribution < -0.4 is 5.32 Å². The van der Waals surface area contributed by atoms with E-state index in [4.69, 9.17) is 16.6 Å². The van der Waals surface area contributed by atoms with Crippen molar-refractivity contribution in [3.63, 3.8) is 0 Å². The first kappa shape index (κ1) is 22.9. The summed E-state index contributed by atoms with van der Waals surface area (Å²) in [5.74, 6) is -0.0636. The third-order valence-electron chi connectivity index (χ3n) is 5.97. The summed E-state index contributed by atoms with van der Waals surface area (Å²) < 4.78 is 1.80. The van der Waals surface area contributed by atoms with Gasteiger partial charge < -0.3 is 4.90 Å². The number of carbonyl (C=O) groups is 2. The molecule has 1 heterocycles. The molecule has 35 heavy (non-hydrogen) atoms. The SMILES string of the molecule is Cc1ccc(C(=O)N(CC(=O)Nc2nc(-c3ccccc3)cn2-c2cccc(Cl)c2)C2CC2)cc1. The molecule has 0 bridgehead atoms. The van der Waals surface area contributed by atoms with Gasteiger partial charge >= 0.3 is 0 Å². The van der Waals surface area contributed by atoms with E-state index in [1.165, 1.54) is 0 Å². The number of anilines is 1. The molecule has 0 spiro atoms. The first-order valence-corrected chi connectivity index (χ1v) is 11.9. The van der Waals surface area contributed by atoms with Gasteiger partial charge in [-0.15, -0.1) is 0 Å². The fraction of sp³-hybridized carbons (Fsp3) is 0.179. The van der Waals surface area contributed by atoms with Gasteiger partial charge in [0.15, 0.2) is 0 Å².